The Balaban J connectivity index is 1.29. The van der Waals surface area contributed by atoms with Crippen LogP contribution in [-0.2, 0) is 10.5 Å². The molecule has 1 aliphatic heterocycles. The Labute approximate surface area is 168 Å². The van der Waals surface area contributed by atoms with E-state index in [2.05, 4.69) is 40.3 Å². The van der Waals surface area contributed by atoms with Crippen molar-refractivity contribution in [3.05, 3.63) is 53.0 Å². The number of aromatic nitrogens is 1. The molecule has 140 valence electrons. The predicted octanol–water partition coefficient (Wildman–Crippen LogP) is 5.08. The van der Waals surface area contributed by atoms with Crippen molar-refractivity contribution in [2.75, 3.05) is 29.1 Å². The van der Waals surface area contributed by atoms with Crippen molar-refractivity contribution in [2.45, 2.75) is 25.5 Å². The quantitative estimate of drug-likeness (QED) is 0.630. The van der Waals surface area contributed by atoms with Gasteiger partial charge in [-0.1, -0.05) is 12.1 Å². The lowest BCUT2D eigenvalue weighted by Gasteiger charge is -2.19. The Morgan fingerprint density at radius 3 is 2.81 bits per heavy atom. The molecular formula is C21H23N3OS2. The molecule has 0 spiro atoms. The molecule has 0 radical (unpaired) electrons. The summed E-state index contributed by atoms with van der Waals surface area (Å²) in [6, 6.07) is 14.5. The second kappa shape index (κ2) is 8.31. The smallest absolute Gasteiger partial charge is 0.234 e. The third kappa shape index (κ3) is 4.45. The predicted molar refractivity (Wildman–Crippen MR) is 117 cm³/mol. The number of hydrogen-bond acceptors (Lipinski definition) is 5. The molecule has 2 heterocycles. The van der Waals surface area contributed by atoms with E-state index in [4.69, 9.17) is 0 Å². The van der Waals surface area contributed by atoms with Crippen LogP contribution in [0.5, 0.6) is 0 Å². The lowest BCUT2D eigenvalue weighted by Crippen LogP contribution is -2.18. The monoisotopic (exact) mass is 397 g/mol. The highest BCUT2D eigenvalue weighted by Gasteiger charge is 2.14. The minimum absolute atomic E-state index is 0.0399. The second-order valence-electron chi connectivity index (χ2n) is 6.81. The lowest BCUT2D eigenvalue weighted by molar-refractivity contribution is -0.113. The first kappa shape index (κ1) is 18.3. The SMILES string of the molecule is Cc1cc(N2CCCC2)ccc1NC(=O)CSCc1nc2ccccc2s1. The van der Waals surface area contributed by atoms with Gasteiger partial charge in [-0.3, -0.25) is 4.79 Å². The van der Waals surface area contributed by atoms with Gasteiger partial charge in [0, 0.05) is 30.2 Å². The number of rotatable bonds is 6. The number of carbonyl (C=O) groups excluding carboxylic acids is 1. The van der Waals surface area contributed by atoms with E-state index in [1.165, 1.54) is 23.2 Å². The molecule has 0 unspecified atom stereocenters. The molecule has 4 rings (SSSR count). The topological polar surface area (TPSA) is 45.2 Å². The summed E-state index contributed by atoms with van der Waals surface area (Å²) in [6.07, 6.45) is 2.53. The first-order valence-corrected chi connectivity index (χ1v) is 11.2. The third-order valence-corrected chi connectivity index (χ3v) is 6.92. The van der Waals surface area contributed by atoms with Gasteiger partial charge in [0.05, 0.1) is 16.0 Å². The van der Waals surface area contributed by atoms with Crippen LogP contribution in [0.4, 0.5) is 11.4 Å². The Kier molecular flexibility index (Phi) is 5.64. The molecule has 4 nitrogen and oxygen atoms in total. The van der Waals surface area contributed by atoms with Crippen LogP contribution in [0, 0.1) is 6.92 Å². The number of para-hydroxylation sites is 1. The number of nitrogens with one attached hydrogen (secondary N) is 1. The van der Waals surface area contributed by atoms with Gasteiger partial charge >= 0.3 is 0 Å². The standard InChI is InChI=1S/C21H23N3OS2/c1-15-12-16(24-10-4-5-11-24)8-9-17(15)22-20(25)13-26-14-21-23-18-6-2-3-7-19(18)27-21/h2-3,6-9,12H,4-5,10-11,13-14H2,1H3,(H,22,25). The van der Waals surface area contributed by atoms with Crippen LogP contribution >= 0.6 is 23.1 Å². The van der Waals surface area contributed by atoms with Crippen LogP contribution in [0.15, 0.2) is 42.5 Å². The van der Waals surface area contributed by atoms with Gasteiger partial charge in [0.25, 0.3) is 0 Å². The maximum Gasteiger partial charge on any atom is 0.234 e. The molecular weight excluding hydrogens is 374 g/mol. The number of benzene rings is 2. The van der Waals surface area contributed by atoms with E-state index in [-0.39, 0.29) is 5.91 Å². The molecule has 1 aliphatic rings. The fourth-order valence-corrected chi connectivity index (χ4v) is 5.21. The molecule has 1 saturated heterocycles. The van der Waals surface area contributed by atoms with Crippen LogP contribution in [0.2, 0.25) is 0 Å². The van der Waals surface area contributed by atoms with Crippen molar-refractivity contribution < 1.29 is 4.79 Å². The Bertz CT molecular complexity index is 915. The molecule has 0 bridgehead atoms. The number of nitrogens with zero attached hydrogens (tertiary/aromatic N) is 2. The van der Waals surface area contributed by atoms with E-state index in [1.807, 2.05) is 24.3 Å². The van der Waals surface area contributed by atoms with Gasteiger partial charge in [-0.05, 0) is 55.7 Å². The molecule has 1 N–H and O–H groups in total. The van der Waals surface area contributed by atoms with Gasteiger partial charge in [-0.2, -0.15) is 0 Å². The minimum atomic E-state index is 0.0399. The van der Waals surface area contributed by atoms with Crippen LogP contribution in [0.25, 0.3) is 10.2 Å². The fourth-order valence-electron chi connectivity index (χ4n) is 3.36. The Hall–Kier alpha value is -2.05. The first-order valence-electron chi connectivity index (χ1n) is 9.27. The zero-order chi connectivity index (χ0) is 18.6. The number of anilines is 2. The van der Waals surface area contributed by atoms with Gasteiger partial charge < -0.3 is 10.2 Å². The summed E-state index contributed by atoms with van der Waals surface area (Å²) in [6.45, 7) is 4.32. The number of thioether (sulfide) groups is 1. The van der Waals surface area contributed by atoms with Crippen LogP contribution in [0.3, 0.4) is 0 Å². The Morgan fingerprint density at radius 1 is 1.22 bits per heavy atom. The number of carbonyl (C=O) groups is 1. The van der Waals surface area contributed by atoms with Gasteiger partial charge in [0.15, 0.2) is 0 Å². The molecule has 6 heteroatoms. The summed E-state index contributed by atoms with van der Waals surface area (Å²) in [7, 11) is 0. The van der Waals surface area contributed by atoms with Gasteiger partial charge in [0.2, 0.25) is 5.91 Å². The molecule has 0 saturated carbocycles. The molecule has 1 fully saturated rings. The highest BCUT2D eigenvalue weighted by molar-refractivity contribution is 7.99. The third-order valence-electron chi connectivity index (χ3n) is 4.75. The molecule has 0 atom stereocenters. The number of hydrogen-bond donors (Lipinski definition) is 1. The van der Waals surface area contributed by atoms with Gasteiger partial charge in [-0.15, -0.1) is 23.1 Å². The summed E-state index contributed by atoms with van der Waals surface area (Å²) < 4.78 is 1.20. The number of fused-ring (bicyclic) bond motifs is 1. The highest BCUT2D eigenvalue weighted by atomic mass is 32.2. The number of aryl methyl sites for hydroxylation is 1. The largest absolute Gasteiger partial charge is 0.372 e. The van der Waals surface area contributed by atoms with Crippen LogP contribution in [0.1, 0.15) is 23.4 Å². The number of thiazole rings is 1. The lowest BCUT2D eigenvalue weighted by atomic mass is 10.1. The number of amides is 1. The van der Waals surface area contributed by atoms with E-state index >= 15 is 0 Å². The minimum Gasteiger partial charge on any atom is -0.372 e. The first-order chi connectivity index (χ1) is 13.2. The summed E-state index contributed by atoms with van der Waals surface area (Å²) in [4.78, 5) is 19.3. The van der Waals surface area contributed by atoms with Crippen LogP contribution < -0.4 is 10.2 Å². The van der Waals surface area contributed by atoms with Crippen molar-refractivity contribution in [1.29, 1.82) is 0 Å². The summed E-state index contributed by atoms with van der Waals surface area (Å²) >= 11 is 3.31. The average molecular weight is 398 g/mol. The van der Waals surface area contributed by atoms with E-state index in [0.717, 1.165) is 40.6 Å². The summed E-state index contributed by atoms with van der Waals surface area (Å²) in [5, 5.41) is 4.12. The molecule has 2 aromatic carbocycles. The molecule has 3 aromatic rings. The maximum atomic E-state index is 12.3. The molecule has 1 amide bonds. The van der Waals surface area contributed by atoms with E-state index in [1.54, 1.807) is 23.1 Å². The van der Waals surface area contributed by atoms with Crippen molar-refractivity contribution in [3.63, 3.8) is 0 Å². The van der Waals surface area contributed by atoms with E-state index < -0.39 is 0 Å². The van der Waals surface area contributed by atoms with Crippen molar-refractivity contribution in [3.8, 4) is 0 Å². The molecule has 0 aliphatic carbocycles. The second-order valence-corrected chi connectivity index (χ2v) is 8.91. The maximum absolute atomic E-state index is 12.3. The fraction of sp³-hybridized carbons (Fsp3) is 0.333. The van der Waals surface area contributed by atoms with Gasteiger partial charge in [0.1, 0.15) is 5.01 Å². The molecule has 27 heavy (non-hydrogen) atoms. The summed E-state index contributed by atoms with van der Waals surface area (Å²) in [5.74, 6) is 1.24. The van der Waals surface area contributed by atoms with Crippen LogP contribution in [-0.4, -0.2) is 29.7 Å². The zero-order valence-electron chi connectivity index (χ0n) is 15.4. The highest BCUT2D eigenvalue weighted by Crippen LogP contribution is 2.27. The molecule has 1 aromatic heterocycles. The van der Waals surface area contributed by atoms with Crippen molar-refractivity contribution >= 4 is 50.6 Å². The Morgan fingerprint density at radius 2 is 2.04 bits per heavy atom. The average Bonchev–Trinajstić information content (AvgIpc) is 3.32. The van der Waals surface area contributed by atoms with E-state index in [9.17, 15) is 4.79 Å². The van der Waals surface area contributed by atoms with E-state index in [0.29, 0.717) is 5.75 Å². The normalized spacial score (nSPS) is 14.0. The van der Waals surface area contributed by atoms with Crippen molar-refractivity contribution in [2.24, 2.45) is 0 Å². The van der Waals surface area contributed by atoms with Gasteiger partial charge in [-0.25, -0.2) is 4.98 Å². The zero-order valence-corrected chi connectivity index (χ0v) is 17.0. The van der Waals surface area contributed by atoms with Crippen molar-refractivity contribution in [1.82, 2.24) is 4.98 Å². The summed E-state index contributed by atoms with van der Waals surface area (Å²) in [5.41, 5.74) is 4.32.